The Kier molecular flexibility index (Phi) is 4.40. The lowest BCUT2D eigenvalue weighted by Gasteiger charge is -2.25. The van der Waals surface area contributed by atoms with Gasteiger partial charge in [-0.2, -0.15) is 0 Å². The minimum Gasteiger partial charge on any atom is -0.313 e. The van der Waals surface area contributed by atoms with Crippen LogP contribution >= 0.6 is 0 Å². The average Bonchev–Trinajstić information content (AvgIpc) is 2.46. The van der Waals surface area contributed by atoms with Gasteiger partial charge >= 0.3 is 0 Å². The van der Waals surface area contributed by atoms with Crippen molar-refractivity contribution in [2.75, 3.05) is 6.54 Å². The highest BCUT2D eigenvalue weighted by Crippen LogP contribution is 2.37. The van der Waals surface area contributed by atoms with Crippen LogP contribution in [0.4, 0.5) is 0 Å². The molecule has 1 aliphatic carbocycles. The third kappa shape index (κ3) is 3.19. The Morgan fingerprint density at radius 3 is 2.43 bits per heavy atom. The number of rotatable bonds is 5. The van der Waals surface area contributed by atoms with Crippen molar-refractivity contribution in [3.05, 3.63) is 59.2 Å². The van der Waals surface area contributed by atoms with Gasteiger partial charge in [0.15, 0.2) is 0 Å². The van der Waals surface area contributed by atoms with E-state index in [4.69, 9.17) is 0 Å². The fourth-order valence-electron chi connectivity index (χ4n) is 3.04. The Balaban J connectivity index is 1.84. The maximum absolute atomic E-state index is 3.40. The van der Waals surface area contributed by atoms with Gasteiger partial charge in [0, 0.05) is 6.54 Å². The molecule has 0 aliphatic heterocycles. The number of hydrogen-bond donors (Lipinski definition) is 1. The smallest absolute Gasteiger partial charge is 0.0205 e. The van der Waals surface area contributed by atoms with Crippen molar-refractivity contribution in [1.82, 2.24) is 5.32 Å². The van der Waals surface area contributed by atoms with Gasteiger partial charge < -0.3 is 5.32 Å². The largest absolute Gasteiger partial charge is 0.313 e. The molecule has 2 aromatic carbocycles. The normalized spacial score (nSPS) is 15.0. The van der Waals surface area contributed by atoms with Crippen molar-refractivity contribution in [2.24, 2.45) is 0 Å². The Morgan fingerprint density at radius 1 is 1.05 bits per heavy atom. The third-order valence-corrected chi connectivity index (χ3v) is 4.68. The quantitative estimate of drug-likeness (QED) is 0.808. The molecule has 110 valence electrons. The van der Waals surface area contributed by atoms with Gasteiger partial charge in [0.2, 0.25) is 0 Å². The molecular formula is C20H25N. The molecule has 3 rings (SSSR count). The van der Waals surface area contributed by atoms with Crippen LogP contribution in [-0.2, 0) is 6.54 Å². The maximum atomic E-state index is 3.40. The minimum atomic E-state index is 0.820. The van der Waals surface area contributed by atoms with Gasteiger partial charge in [-0.1, -0.05) is 49.7 Å². The lowest BCUT2D eigenvalue weighted by atomic mass is 9.79. The van der Waals surface area contributed by atoms with Gasteiger partial charge in [0.05, 0.1) is 0 Å². The molecular weight excluding hydrogens is 254 g/mol. The molecule has 0 spiro atoms. The van der Waals surface area contributed by atoms with E-state index in [9.17, 15) is 0 Å². The first kappa shape index (κ1) is 14.3. The Hall–Kier alpha value is -1.60. The van der Waals surface area contributed by atoms with Crippen molar-refractivity contribution < 1.29 is 0 Å². The summed E-state index contributed by atoms with van der Waals surface area (Å²) in [6, 6.07) is 16.0. The first-order valence-electron chi connectivity index (χ1n) is 8.18. The summed E-state index contributed by atoms with van der Waals surface area (Å²) in [5.41, 5.74) is 6.94. The molecule has 21 heavy (non-hydrogen) atoms. The predicted molar refractivity (Wildman–Crippen MR) is 90.6 cm³/mol. The van der Waals surface area contributed by atoms with E-state index in [0.29, 0.717) is 0 Å². The molecule has 2 aromatic rings. The Bertz CT molecular complexity index is 594. The van der Waals surface area contributed by atoms with Crippen molar-refractivity contribution in [3.63, 3.8) is 0 Å². The molecule has 1 fully saturated rings. The van der Waals surface area contributed by atoms with Crippen LogP contribution in [0.1, 0.15) is 48.8 Å². The van der Waals surface area contributed by atoms with E-state index in [1.165, 1.54) is 47.1 Å². The second kappa shape index (κ2) is 6.44. The van der Waals surface area contributed by atoms with Crippen molar-refractivity contribution in [1.29, 1.82) is 0 Å². The first-order valence-corrected chi connectivity index (χ1v) is 8.18. The molecule has 0 bridgehead atoms. The molecule has 1 heteroatoms. The topological polar surface area (TPSA) is 12.0 Å². The third-order valence-electron chi connectivity index (χ3n) is 4.68. The van der Waals surface area contributed by atoms with Crippen LogP contribution in [0.5, 0.6) is 0 Å². The lowest BCUT2D eigenvalue weighted by Crippen LogP contribution is -2.11. The van der Waals surface area contributed by atoms with Crippen LogP contribution < -0.4 is 5.32 Å². The number of hydrogen-bond acceptors (Lipinski definition) is 1. The van der Waals surface area contributed by atoms with E-state index in [0.717, 1.165) is 19.0 Å². The van der Waals surface area contributed by atoms with Crippen molar-refractivity contribution >= 4 is 0 Å². The summed E-state index contributed by atoms with van der Waals surface area (Å²) in [6.45, 7) is 6.31. The van der Waals surface area contributed by atoms with Crippen LogP contribution in [-0.4, -0.2) is 6.54 Å². The molecule has 1 aliphatic rings. The summed E-state index contributed by atoms with van der Waals surface area (Å²) in [6.07, 6.45) is 4.14. The number of nitrogens with one attached hydrogen (secondary N) is 1. The average molecular weight is 279 g/mol. The standard InChI is InChI=1S/C20H25N/c1-3-21-14-16-8-7-15(2)20(13-16)19-11-9-18(10-12-19)17-5-4-6-17/h7-13,17,21H,3-6,14H2,1-2H3. The number of benzene rings is 2. The van der Waals surface area contributed by atoms with Gasteiger partial charge in [-0.3, -0.25) is 0 Å². The fraction of sp³-hybridized carbons (Fsp3) is 0.400. The highest BCUT2D eigenvalue weighted by Gasteiger charge is 2.19. The SMILES string of the molecule is CCNCc1ccc(C)c(-c2ccc(C3CCC3)cc2)c1. The zero-order valence-electron chi connectivity index (χ0n) is 13.2. The summed E-state index contributed by atoms with van der Waals surface area (Å²) in [5.74, 6) is 0.820. The van der Waals surface area contributed by atoms with Gasteiger partial charge in [0.1, 0.15) is 0 Å². The second-order valence-electron chi connectivity index (χ2n) is 6.18. The van der Waals surface area contributed by atoms with Gasteiger partial charge in [-0.05, 0) is 66.1 Å². The lowest BCUT2D eigenvalue weighted by molar-refractivity contribution is 0.420. The van der Waals surface area contributed by atoms with Crippen LogP contribution in [0, 0.1) is 6.92 Å². The van der Waals surface area contributed by atoms with E-state index >= 15 is 0 Å². The molecule has 0 unspecified atom stereocenters. The van der Waals surface area contributed by atoms with Crippen LogP contribution in [0.15, 0.2) is 42.5 Å². The summed E-state index contributed by atoms with van der Waals surface area (Å²) in [5, 5.41) is 3.40. The van der Waals surface area contributed by atoms with E-state index in [1.54, 1.807) is 0 Å². The summed E-state index contributed by atoms with van der Waals surface area (Å²) >= 11 is 0. The molecule has 1 N–H and O–H groups in total. The monoisotopic (exact) mass is 279 g/mol. The first-order chi connectivity index (χ1) is 10.3. The van der Waals surface area contributed by atoms with E-state index in [2.05, 4.69) is 61.6 Å². The molecule has 0 amide bonds. The second-order valence-corrected chi connectivity index (χ2v) is 6.18. The molecule has 1 nitrogen and oxygen atoms in total. The van der Waals surface area contributed by atoms with Crippen molar-refractivity contribution in [3.8, 4) is 11.1 Å². The minimum absolute atomic E-state index is 0.820. The van der Waals surface area contributed by atoms with E-state index < -0.39 is 0 Å². The molecule has 0 aromatic heterocycles. The fourth-order valence-corrected chi connectivity index (χ4v) is 3.04. The molecule has 1 saturated carbocycles. The summed E-state index contributed by atoms with van der Waals surface area (Å²) in [4.78, 5) is 0. The zero-order chi connectivity index (χ0) is 14.7. The summed E-state index contributed by atoms with van der Waals surface area (Å²) in [7, 11) is 0. The maximum Gasteiger partial charge on any atom is 0.0205 e. The van der Waals surface area contributed by atoms with Crippen LogP contribution in [0.2, 0.25) is 0 Å². The highest BCUT2D eigenvalue weighted by molar-refractivity contribution is 5.68. The highest BCUT2D eigenvalue weighted by atomic mass is 14.8. The Labute approximate surface area is 128 Å². The van der Waals surface area contributed by atoms with Gasteiger partial charge in [-0.25, -0.2) is 0 Å². The predicted octanol–water partition coefficient (Wildman–Crippen LogP) is 5.04. The molecule has 0 saturated heterocycles. The van der Waals surface area contributed by atoms with Crippen LogP contribution in [0.25, 0.3) is 11.1 Å². The van der Waals surface area contributed by atoms with Crippen molar-refractivity contribution in [2.45, 2.75) is 45.6 Å². The molecule has 0 radical (unpaired) electrons. The van der Waals surface area contributed by atoms with Crippen LogP contribution in [0.3, 0.4) is 0 Å². The number of aryl methyl sites for hydroxylation is 1. The summed E-state index contributed by atoms with van der Waals surface area (Å²) < 4.78 is 0. The van der Waals surface area contributed by atoms with E-state index in [-0.39, 0.29) is 0 Å². The zero-order valence-corrected chi connectivity index (χ0v) is 13.2. The van der Waals surface area contributed by atoms with Gasteiger partial charge in [0.25, 0.3) is 0 Å². The van der Waals surface area contributed by atoms with E-state index in [1.807, 2.05) is 0 Å². The molecule has 0 atom stereocenters. The van der Waals surface area contributed by atoms with Gasteiger partial charge in [-0.15, -0.1) is 0 Å². The molecule has 0 heterocycles. The Morgan fingerprint density at radius 2 is 1.81 bits per heavy atom.